The van der Waals surface area contributed by atoms with E-state index in [-0.39, 0.29) is 44.6 Å². The number of allylic oxidation sites excluding steroid dienone is 1. The van der Waals surface area contributed by atoms with Crippen LogP contribution in [0.25, 0.3) is 10.9 Å². The van der Waals surface area contributed by atoms with Crippen molar-refractivity contribution in [3.05, 3.63) is 54.2 Å². The van der Waals surface area contributed by atoms with Crippen molar-refractivity contribution in [2.75, 3.05) is 47.9 Å². The molecule has 0 spiro atoms. The zero-order valence-electron chi connectivity index (χ0n) is 42.7. The Hall–Kier alpha value is -3.95. The van der Waals surface area contributed by atoms with E-state index in [2.05, 4.69) is 23.2 Å². The smallest absolute Gasteiger partial charge is 0.309 e. The van der Waals surface area contributed by atoms with Crippen molar-refractivity contribution < 1.29 is 72.4 Å². The molecule has 3 fully saturated rings. The Balaban J connectivity index is 1.41. The van der Waals surface area contributed by atoms with Gasteiger partial charge in [0.25, 0.3) is 0 Å². The second-order valence-electron chi connectivity index (χ2n) is 19.8. The van der Waals surface area contributed by atoms with Gasteiger partial charge in [-0.2, -0.15) is 0 Å². The Morgan fingerprint density at radius 2 is 1.69 bits per heavy atom. The number of benzene rings is 1. The minimum atomic E-state index is -1.50. The molecule has 1 aromatic carbocycles. The van der Waals surface area contributed by atoms with Crippen molar-refractivity contribution in [2.24, 2.45) is 17.8 Å². The minimum Gasteiger partial charge on any atom is -0.466 e. The van der Waals surface area contributed by atoms with Crippen molar-refractivity contribution in [2.45, 2.75) is 172 Å². The number of rotatable bonds is 15. The quantitative estimate of drug-likeness (QED) is 0.0987. The maximum atomic E-state index is 13.8. The Morgan fingerprint density at radius 3 is 2.36 bits per heavy atom. The maximum absolute atomic E-state index is 13.8. The number of fused-ring (bicyclic) bond motifs is 1. The zero-order valence-corrected chi connectivity index (χ0v) is 42.7. The molecule has 3 aliphatic heterocycles. The first-order chi connectivity index (χ1) is 33.3. The molecule has 16 atom stereocenters. The van der Waals surface area contributed by atoms with E-state index >= 15 is 0 Å². The molecule has 0 amide bonds. The number of ether oxygens (including phenoxy) is 8. The lowest BCUT2D eigenvalue weighted by Crippen LogP contribution is -2.66. The fourth-order valence-electron chi connectivity index (χ4n) is 10.1. The lowest BCUT2D eigenvalue weighted by atomic mass is 9.82. The Labute approximate surface area is 413 Å². The molecule has 5 rings (SSSR count). The molecule has 0 bridgehead atoms. The largest absolute Gasteiger partial charge is 0.466 e. The number of aldehydes is 1. The summed E-state index contributed by atoms with van der Waals surface area (Å²) < 4.78 is 49.3. The average Bonchev–Trinajstić information content (AvgIpc) is 3.30. The van der Waals surface area contributed by atoms with Crippen molar-refractivity contribution in [3.63, 3.8) is 0 Å². The maximum Gasteiger partial charge on any atom is 0.309 e. The Morgan fingerprint density at radius 1 is 0.971 bits per heavy atom. The Kier molecular flexibility index (Phi) is 21.7. The standard InChI is InChI=1S/C52H79N3O15/c1-11-41(58)67-40-27-43(60)64-25-22-34(16-15-17-35-20-23-53-38-19-14-13-18-37(35)38)29-55(9)30-39(57)31(3)26-36(21-24-56)48(49(40)63-10)70-51-46(61)45(54(7)8)47(32(4)66-51)69-44-28-52(6,62)50(33(5)65-44)68-42(59)12-2/h13-16,18-20,23-24,31-34,36,39-40,44-51,57,61-62H,11-12,17,21-22,25-30H2,1-10H3/t31-,32?,33?,34?,36+,39+,40-,44+,45?,46?,47-,48+,49+,50+,51+,52?/m1/s1. The molecule has 0 radical (unpaired) electrons. The van der Waals surface area contributed by atoms with Crippen LogP contribution >= 0.6 is 0 Å². The number of hydrogen-bond donors (Lipinski definition) is 3. The summed E-state index contributed by atoms with van der Waals surface area (Å²) in [7, 11) is 6.83. The first-order valence-corrected chi connectivity index (χ1v) is 24.9. The van der Waals surface area contributed by atoms with Crippen LogP contribution in [0.1, 0.15) is 92.1 Å². The van der Waals surface area contributed by atoms with E-state index in [9.17, 15) is 34.5 Å². The average molecular weight is 986 g/mol. The number of carbonyl (C=O) groups is 4. The molecule has 6 unspecified atom stereocenters. The number of pyridine rings is 1. The first-order valence-electron chi connectivity index (χ1n) is 24.9. The number of hydrogen-bond acceptors (Lipinski definition) is 18. The summed E-state index contributed by atoms with van der Waals surface area (Å²) in [5.41, 5.74) is 0.543. The number of β-amino-alcohol motifs (C(OH)–C–C–N with tert-alkyl or cyclic N) is 1. The van der Waals surface area contributed by atoms with Gasteiger partial charge < -0.3 is 67.8 Å². The second kappa shape index (κ2) is 26.7. The molecule has 0 aliphatic carbocycles. The number of aliphatic hydroxyl groups is 3. The predicted molar refractivity (Wildman–Crippen MR) is 258 cm³/mol. The number of esters is 3. The van der Waals surface area contributed by atoms with E-state index in [1.165, 1.54) is 7.11 Å². The summed E-state index contributed by atoms with van der Waals surface area (Å²) in [5, 5.41) is 36.5. The number of para-hydroxylation sites is 1. The van der Waals surface area contributed by atoms with Crippen LogP contribution in [0.15, 0.2) is 48.7 Å². The van der Waals surface area contributed by atoms with Gasteiger partial charge >= 0.3 is 17.9 Å². The molecule has 3 aliphatic rings. The highest BCUT2D eigenvalue weighted by molar-refractivity contribution is 5.82. The van der Waals surface area contributed by atoms with Gasteiger partial charge in [-0.15, -0.1) is 0 Å². The van der Waals surface area contributed by atoms with E-state index in [4.69, 9.17) is 37.9 Å². The molecule has 18 heteroatoms. The molecule has 18 nitrogen and oxygen atoms in total. The van der Waals surface area contributed by atoms with Gasteiger partial charge in [0.05, 0.1) is 49.0 Å². The summed E-state index contributed by atoms with van der Waals surface area (Å²) in [6, 6.07) is 9.19. The molecular weight excluding hydrogens is 907 g/mol. The van der Waals surface area contributed by atoms with Crippen LogP contribution in [0.2, 0.25) is 0 Å². The SMILES string of the molecule is CCC(=O)O[C@@H]1CC(=O)OCCC(C=CCc2ccnc3ccccc23)CN(C)C[C@H](O)[C@H](C)C[C@H](CC=O)[C@H](O[C@@H]2OC(C)[C@@H](O[C@H]3CC(C)(O)[C@@H](OC(=O)CC)C(C)O3)C(N(C)C)C2O)[C@H]1OC. The molecule has 1 aromatic heterocycles. The highest BCUT2D eigenvalue weighted by Gasteiger charge is 2.53. The zero-order chi connectivity index (χ0) is 51.3. The number of likely N-dealkylation sites (N-methyl/N-ethyl adjacent to an activating group) is 2. The van der Waals surface area contributed by atoms with Gasteiger partial charge in [-0.1, -0.05) is 51.1 Å². The lowest BCUT2D eigenvalue weighted by Gasteiger charge is -2.50. The first kappa shape index (κ1) is 57.0. The summed E-state index contributed by atoms with van der Waals surface area (Å²) in [4.78, 5) is 60.0. The molecule has 70 heavy (non-hydrogen) atoms. The van der Waals surface area contributed by atoms with Crippen LogP contribution in [0.3, 0.4) is 0 Å². The predicted octanol–water partition coefficient (Wildman–Crippen LogP) is 4.16. The van der Waals surface area contributed by atoms with Crippen LogP contribution < -0.4 is 0 Å². The van der Waals surface area contributed by atoms with E-state index < -0.39 is 115 Å². The molecule has 2 aromatic rings. The molecule has 0 saturated carbocycles. The fraction of sp³-hybridized carbons (Fsp3) is 0.712. The van der Waals surface area contributed by atoms with E-state index in [0.717, 1.165) is 22.8 Å². The van der Waals surface area contributed by atoms with Gasteiger partial charge in [-0.3, -0.25) is 19.4 Å². The number of aliphatic hydroxyl groups excluding tert-OH is 2. The monoisotopic (exact) mass is 986 g/mol. The summed E-state index contributed by atoms with van der Waals surface area (Å²) in [5.74, 6) is -2.89. The molecular formula is C52H79N3O15. The van der Waals surface area contributed by atoms with Gasteiger partial charge in [0, 0.05) is 57.5 Å². The normalized spacial score (nSPS) is 35.6. The van der Waals surface area contributed by atoms with E-state index in [0.29, 0.717) is 25.9 Å². The van der Waals surface area contributed by atoms with Crippen LogP contribution in [-0.2, 0) is 63.5 Å². The van der Waals surface area contributed by atoms with Crippen molar-refractivity contribution in [3.8, 4) is 0 Å². The van der Waals surface area contributed by atoms with Crippen LogP contribution in [-0.4, -0.2) is 181 Å². The number of carbonyl (C=O) groups excluding carboxylic acids is 4. The van der Waals surface area contributed by atoms with Crippen molar-refractivity contribution in [1.82, 2.24) is 14.8 Å². The number of cyclic esters (lactones) is 1. The highest BCUT2D eigenvalue weighted by Crippen LogP contribution is 2.38. The van der Waals surface area contributed by atoms with Crippen LogP contribution in [0.5, 0.6) is 0 Å². The van der Waals surface area contributed by atoms with Crippen molar-refractivity contribution in [1.29, 1.82) is 0 Å². The third-order valence-corrected chi connectivity index (χ3v) is 13.9. The molecule has 4 heterocycles. The molecule has 3 N–H and O–H groups in total. The highest BCUT2D eigenvalue weighted by atomic mass is 16.7. The third kappa shape index (κ3) is 15.3. The Bertz CT molecular complexity index is 2010. The van der Waals surface area contributed by atoms with Crippen LogP contribution in [0.4, 0.5) is 0 Å². The number of methoxy groups -OCH3 is 1. The lowest BCUT2D eigenvalue weighted by molar-refractivity contribution is -0.344. The molecule has 392 valence electrons. The van der Waals surface area contributed by atoms with E-state index in [1.807, 2.05) is 43.1 Å². The van der Waals surface area contributed by atoms with E-state index in [1.54, 1.807) is 59.8 Å². The van der Waals surface area contributed by atoms with Gasteiger partial charge in [0.1, 0.15) is 36.3 Å². The number of aromatic nitrogens is 1. The van der Waals surface area contributed by atoms with Gasteiger partial charge in [0.2, 0.25) is 0 Å². The van der Waals surface area contributed by atoms with Crippen molar-refractivity contribution >= 4 is 35.1 Å². The second-order valence-corrected chi connectivity index (χ2v) is 19.8. The summed E-state index contributed by atoms with van der Waals surface area (Å²) in [6.07, 6.45) is -3.78. The summed E-state index contributed by atoms with van der Waals surface area (Å²) in [6.45, 7) is 11.1. The van der Waals surface area contributed by atoms with Gasteiger partial charge in [-0.25, -0.2) is 0 Å². The number of nitrogens with zero attached hydrogens (tertiary/aromatic N) is 3. The topological polar surface area (TPSA) is 222 Å². The molecule has 3 saturated heterocycles. The third-order valence-electron chi connectivity index (χ3n) is 13.9. The fourth-order valence-corrected chi connectivity index (χ4v) is 10.1. The van der Waals surface area contributed by atoms with Gasteiger partial charge in [0.15, 0.2) is 18.7 Å². The van der Waals surface area contributed by atoms with Gasteiger partial charge in [-0.05, 0) is 96.6 Å². The summed E-state index contributed by atoms with van der Waals surface area (Å²) >= 11 is 0. The minimum absolute atomic E-state index is 0.0113. The van der Waals surface area contributed by atoms with Crippen LogP contribution in [0, 0.1) is 17.8 Å².